The summed E-state index contributed by atoms with van der Waals surface area (Å²) >= 11 is 3.49. The lowest BCUT2D eigenvalue weighted by molar-refractivity contribution is 0.00434. The number of amides is 1. The van der Waals surface area contributed by atoms with Gasteiger partial charge in [0.05, 0.1) is 0 Å². The summed E-state index contributed by atoms with van der Waals surface area (Å²) in [7, 11) is 0. The van der Waals surface area contributed by atoms with Crippen LogP contribution in [0.3, 0.4) is 0 Å². The summed E-state index contributed by atoms with van der Waals surface area (Å²) < 4.78 is 6.43. The predicted molar refractivity (Wildman–Crippen MR) is 87.3 cm³/mol. The molecular weight excluding hydrogens is 332 g/mol. The number of ether oxygens (including phenoxy) is 1. The lowest BCUT2D eigenvalue weighted by Gasteiger charge is -2.41. The molecule has 1 atom stereocenters. The van der Waals surface area contributed by atoms with Crippen LogP contribution in [-0.4, -0.2) is 35.7 Å². The molecule has 0 bridgehead atoms. The van der Waals surface area contributed by atoms with E-state index in [1.165, 1.54) is 5.56 Å². The van der Waals surface area contributed by atoms with Crippen LogP contribution in [0.2, 0.25) is 0 Å². The number of hydrogen-bond donors (Lipinski definition) is 1. The van der Waals surface area contributed by atoms with Crippen molar-refractivity contribution in [3.8, 4) is 0 Å². The van der Waals surface area contributed by atoms with E-state index in [9.17, 15) is 4.79 Å². The highest BCUT2D eigenvalue weighted by Gasteiger charge is 2.34. The van der Waals surface area contributed by atoms with Gasteiger partial charge >= 0.3 is 6.09 Å². The molecule has 1 aromatic carbocycles. The molecule has 1 saturated heterocycles. The van der Waals surface area contributed by atoms with Crippen LogP contribution in [0, 0.1) is 0 Å². The normalized spacial score (nSPS) is 17.3. The highest BCUT2D eigenvalue weighted by molar-refractivity contribution is 9.10. The van der Waals surface area contributed by atoms with E-state index in [1.807, 2.05) is 32.9 Å². The quantitative estimate of drug-likeness (QED) is 0.899. The zero-order chi connectivity index (χ0) is 15.6. The van der Waals surface area contributed by atoms with E-state index >= 15 is 0 Å². The predicted octanol–water partition coefficient (Wildman–Crippen LogP) is 3.72. The number of likely N-dealkylation sites (tertiary alicyclic amines) is 1. The third-order valence-corrected chi connectivity index (χ3v) is 3.86. The minimum Gasteiger partial charge on any atom is -0.444 e. The maximum absolute atomic E-state index is 11.9. The summed E-state index contributed by atoms with van der Waals surface area (Å²) in [6, 6.07) is 8.85. The Morgan fingerprint density at radius 2 is 2.10 bits per heavy atom. The van der Waals surface area contributed by atoms with Crippen LogP contribution in [0.5, 0.6) is 0 Å². The van der Waals surface area contributed by atoms with E-state index < -0.39 is 5.60 Å². The van der Waals surface area contributed by atoms with E-state index in [0.717, 1.165) is 4.47 Å². The maximum Gasteiger partial charge on any atom is 0.410 e. The van der Waals surface area contributed by atoms with E-state index in [4.69, 9.17) is 4.74 Å². The van der Waals surface area contributed by atoms with Crippen LogP contribution in [0.15, 0.2) is 28.7 Å². The molecule has 0 aliphatic carbocycles. The molecule has 1 aliphatic rings. The monoisotopic (exact) mass is 354 g/mol. The van der Waals surface area contributed by atoms with Crippen LogP contribution >= 0.6 is 15.9 Å². The molecule has 1 aromatic rings. The van der Waals surface area contributed by atoms with Crippen LogP contribution in [0.25, 0.3) is 0 Å². The Labute approximate surface area is 135 Å². The standard InChI is InChI=1S/C16H23BrN2O2/c1-11(12-6-5-7-13(17)8-12)18-14-9-19(10-14)15(20)21-16(2,3)4/h5-8,11,14,18H,9-10H2,1-4H3/t11-/m1/s1. The molecule has 0 unspecified atom stereocenters. The fourth-order valence-corrected chi connectivity index (χ4v) is 2.70. The molecule has 1 N–H and O–H groups in total. The van der Waals surface area contributed by atoms with Crippen molar-refractivity contribution >= 4 is 22.0 Å². The first-order valence-corrected chi connectivity index (χ1v) is 8.03. The molecule has 1 heterocycles. The fraction of sp³-hybridized carbons (Fsp3) is 0.562. The van der Waals surface area contributed by atoms with E-state index in [1.54, 1.807) is 4.90 Å². The number of nitrogens with zero attached hydrogens (tertiary/aromatic N) is 1. The number of halogens is 1. The maximum atomic E-state index is 11.9. The molecule has 1 amide bonds. The molecule has 0 radical (unpaired) electrons. The zero-order valence-corrected chi connectivity index (χ0v) is 14.6. The molecule has 1 fully saturated rings. The van der Waals surface area contributed by atoms with Crippen LogP contribution in [0.4, 0.5) is 4.79 Å². The summed E-state index contributed by atoms with van der Waals surface area (Å²) in [6.45, 7) is 9.19. The molecule has 2 rings (SSSR count). The van der Waals surface area contributed by atoms with Crippen molar-refractivity contribution in [1.82, 2.24) is 10.2 Å². The van der Waals surface area contributed by atoms with Gasteiger partial charge in [-0.25, -0.2) is 4.79 Å². The van der Waals surface area contributed by atoms with Crippen molar-refractivity contribution in [1.29, 1.82) is 0 Å². The highest BCUT2D eigenvalue weighted by Crippen LogP contribution is 2.21. The van der Waals surface area contributed by atoms with Crippen LogP contribution in [-0.2, 0) is 4.74 Å². The van der Waals surface area contributed by atoms with Crippen molar-refractivity contribution in [3.63, 3.8) is 0 Å². The Hall–Kier alpha value is -1.07. The SMILES string of the molecule is C[C@@H](NC1CN(C(=O)OC(C)(C)C)C1)c1cccc(Br)c1. The molecule has 4 nitrogen and oxygen atoms in total. The van der Waals surface area contributed by atoms with Gasteiger partial charge in [0.1, 0.15) is 5.60 Å². The first-order valence-electron chi connectivity index (χ1n) is 7.24. The summed E-state index contributed by atoms with van der Waals surface area (Å²) in [5.41, 5.74) is 0.805. The summed E-state index contributed by atoms with van der Waals surface area (Å²) in [6.07, 6.45) is -0.226. The Kier molecular flexibility index (Phi) is 4.94. The molecule has 5 heteroatoms. The van der Waals surface area contributed by atoms with Gasteiger partial charge in [-0.2, -0.15) is 0 Å². The van der Waals surface area contributed by atoms with Crippen molar-refractivity contribution in [2.24, 2.45) is 0 Å². The summed E-state index contributed by atoms with van der Waals surface area (Å²) in [5.74, 6) is 0. The Morgan fingerprint density at radius 3 is 2.67 bits per heavy atom. The Balaban J connectivity index is 1.79. The first-order chi connectivity index (χ1) is 9.74. The minimum atomic E-state index is -0.431. The fourth-order valence-electron chi connectivity index (χ4n) is 2.29. The van der Waals surface area contributed by atoms with Crippen LogP contribution < -0.4 is 5.32 Å². The first kappa shape index (κ1) is 16.3. The smallest absolute Gasteiger partial charge is 0.410 e. The zero-order valence-electron chi connectivity index (χ0n) is 13.0. The summed E-state index contributed by atoms with van der Waals surface area (Å²) in [5, 5.41) is 3.54. The lowest BCUT2D eigenvalue weighted by Crippen LogP contribution is -2.60. The third kappa shape index (κ3) is 4.71. The van der Waals surface area contributed by atoms with Gasteiger partial charge < -0.3 is 15.0 Å². The second-order valence-corrected chi connectivity index (χ2v) is 7.44. The van der Waals surface area contributed by atoms with Gasteiger partial charge in [0.25, 0.3) is 0 Å². The lowest BCUT2D eigenvalue weighted by atomic mass is 10.0. The van der Waals surface area contributed by atoms with E-state index in [0.29, 0.717) is 19.1 Å². The van der Waals surface area contributed by atoms with Gasteiger partial charge in [0, 0.05) is 29.6 Å². The van der Waals surface area contributed by atoms with Gasteiger partial charge in [-0.05, 0) is 45.4 Å². The average Bonchev–Trinajstić information content (AvgIpc) is 2.30. The van der Waals surface area contributed by atoms with E-state index in [-0.39, 0.29) is 12.1 Å². The third-order valence-electron chi connectivity index (χ3n) is 3.37. The number of hydrogen-bond acceptors (Lipinski definition) is 3. The largest absolute Gasteiger partial charge is 0.444 e. The molecule has 21 heavy (non-hydrogen) atoms. The molecule has 0 saturated carbocycles. The minimum absolute atomic E-state index is 0.226. The van der Waals surface area contributed by atoms with Gasteiger partial charge in [-0.1, -0.05) is 28.1 Å². The average molecular weight is 355 g/mol. The molecule has 0 aromatic heterocycles. The van der Waals surface area contributed by atoms with Crippen LogP contribution in [0.1, 0.15) is 39.3 Å². The van der Waals surface area contributed by atoms with Crippen molar-refractivity contribution < 1.29 is 9.53 Å². The van der Waals surface area contributed by atoms with Gasteiger partial charge in [-0.3, -0.25) is 0 Å². The van der Waals surface area contributed by atoms with Gasteiger partial charge in [0.15, 0.2) is 0 Å². The molecule has 116 valence electrons. The van der Waals surface area contributed by atoms with Gasteiger partial charge in [-0.15, -0.1) is 0 Å². The second kappa shape index (κ2) is 6.36. The van der Waals surface area contributed by atoms with E-state index in [2.05, 4.69) is 40.3 Å². The second-order valence-electron chi connectivity index (χ2n) is 6.53. The molecule has 0 spiro atoms. The van der Waals surface area contributed by atoms with Crippen molar-refractivity contribution in [3.05, 3.63) is 34.3 Å². The van der Waals surface area contributed by atoms with Crippen molar-refractivity contribution in [2.45, 2.75) is 45.4 Å². The number of carbonyl (C=O) groups excluding carboxylic acids is 1. The van der Waals surface area contributed by atoms with Crippen molar-refractivity contribution in [2.75, 3.05) is 13.1 Å². The number of carbonyl (C=O) groups is 1. The molecule has 1 aliphatic heterocycles. The van der Waals surface area contributed by atoms with Gasteiger partial charge in [0.2, 0.25) is 0 Å². The number of rotatable bonds is 3. The summed E-state index contributed by atoms with van der Waals surface area (Å²) in [4.78, 5) is 13.6. The highest BCUT2D eigenvalue weighted by atomic mass is 79.9. The molecular formula is C16H23BrN2O2. The topological polar surface area (TPSA) is 41.6 Å². The Morgan fingerprint density at radius 1 is 1.43 bits per heavy atom. The number of nitrogens with one attached hydrogen (secondary N) is 1. The number of benzene rings is 1. The Bertz CT molecular complexity index is 507.